The number of hydrogen-bond donors (Lipinski definition) is 0. The van der Waals surface area contributed by atoms with Crippen molar-refractivity contribution in [1.29, 1.82) is 0 Å². The summed E-state index contributed by atoms with van der Waals surface area (Å²) in [5.41, 5.74) is -0.0164. The first-order valence-electron chi connectivity index (χ1n) is 5.04. The highest BCUT2D eigenvalue weighted by molar-refractivity contribution is 5.15. The number of nitrogens with zero attached hydrogens (tertiary/aromatic N) is 2. The molecule has 0 aliphatic carbocycles. The summed E-state index contributed by atoms with van der Waals surface area (Å²) in [4.78, 5) is 15.3. The van der Waals surface area contributed by atoms with Crippen molar-refractivity contribution in [2.45, 2.75) is 6.54 Å². The highest BCUT2D eigenvalue weighted by Crippen LogP contribution is 2.05. The van der Waals surface area contributed by atoms with Crippen LogP contribution in [0.25, 0.3) is 0 Å². The van der Waals surface area contributed by atoms with Gasteiger partial charge in [-0.25, -0.2) is 0 Å². The second-order valence-corrected chi connectivity index (χ2v) is 3.27. The maximum atomic E-state index is 11.4. The molecule has 0 atom stereocenters. The molecule has 0 N–H and O–H groups in total. The van der Waals surface area contributed by atoms with Crippen LogP contribution >= 0.6 is 0 Å². The molecule has 2 aromatic heterocycles. The average molecular weight is 216 g/mol. The summed E-state index contributed by atoms with van der Waals surface area (Å²) in [6, 6.07) is 8.72. The Bertz CT molecular complexity index is 494. The maximum absolute atomic E-state index is 11.4. The largest absolute Gasteiger partial charge is 0.490 e. The molecule has 2 aromatic rings. The fourth-order valence-electron chi connectivity index (χ4n) is 1.34. The molecule has 0 amide bonds. The van der Waals surface area contributed by atoms with Crippen LogP contribution in [-0.2, 0) is 6.54 Å². The minimum absolute atomic E-state index is 0.0164. The Labute approximate surface area is 93.1 Å². The molecule has 0 aliphatic heterocycles. The van der Waals surface area contributed by atoms with Crippen LogP contribution in [0.15, 0.2) is 53.7 Å². The van der Waals surface area contributed by atoms with E-state index in [1.54, 1.807) is 29.2 Å². The summed E-state index contributed by atoms with van der Waals surface area (Å²) < 4.78 is 7.05. The van der Waals surface area contributed by atoms with E-state index in [0.29, 0.717) is 18.9 Å². The molecule has 0 saturated carbocycles. The van der Waals surface area contributed by atoms with Crippen LogP contribution < -0.4 is 10.3 Å². The molecule has 0 bridgehead atoms. The summed E-state index contributed by atoms with van der Waals surface area (Å²) in [5, 5.41) is 0. The number of aromatic nitrogens is 2. The van der Waals surface area contributed by atoms with E-state index in [1.165, 1.54) is 6.07 Å². The lowest BCUT2D eigenvalue weighted by atomic mass is 10.4. The minimum atomic E-state index is -0.0164. The first kappa shape index (κ1) is 10.4. The van der Waals surface area contributed by atoms with Gasteiger partial charge in [0.15, 0.2) is 0 Å². The smallest absolute Gasteiger partial charge is 0.250 e. The van der Waals surface area contributed by atoms with E-state index in [2.05, 4.69) is 4.98 Å². The highest BCUT2D eigenvalue weighted by atomic mass is 16.5. The van der Waals surface area contributed by atoms with Crippen molar-refractivity contribution in [2.24, 2.45) is 0 Å². The second-order valence-electron chi connectivity index (χ2n) is 3.27. The zero-order valence-electron chi connectivity index (χ0n) is 8.74. The summed E-state index contributed by atoms with van der Waals surface area (Å²) >= 11 is 0. The third-order valence-corrected chi connectivity index (χ3v) is 2.13. The van der Waals surface area contributed by atoms with E-state index in [-0.39, 0.29) is 5.56 Å². The Morgan fingerprint density at radius 3 is 2.94 bits per heavy atom. The fourth-order valence-corrected chi connectivity index (χ4v) is 1.34. The molecule has 0 radical (unpaired) electrons. The van der Waals surface area contributed by atoms with E-state index in [1.807, 2.05) is 18.2 Å². The number of pyridine rings is 2. The standard InChI is InChI=1S/C12H12N2O2/c15-12-5-1-2-7-14(12)8-9-16-11-4-3-6-13-10-11/h1-7,10H,8-9H2. The molecule has 2 heterocycles. The van der Waals surface area contributed by atoms with Crippen LogP contribution in [0.2, 0.25) is 0 Å². The van der Waals surface area contributed by atoms with E-state index in [0.717, 1.165) is 0 Å². The van der Waals surface area contributed by atoms with Crippen LogP contribution in [0.4, 0.5) is 0 Å². The van der Waals surface area contributed by atoms with Crippen LogP contribution in [0, 0.1) is 0 Å². The van der Waals surface area contributed by atoms with Gasteiger partial charge in [0.05, 0.1) is 12.7 Å². The summed E-state index contributed by atoms with van der Waals surface area (Å²) in [6.45, 7) is 0.990. The summed E-state index contributed by atoms with van der Waals surface area (Å²) in [6.07, 6.45) is 5.08. The quantitative estimate of drug-likeness (QED) is 0.774. The molecule has 4 nitrogen and oxygen atoms in total. The first-order chi connectivity index (χ1) is 7.86. The zero-order chi connectivity index (χ0) is 11.2. The zero-order valence-corrected chi connectivity index (χ0v) is 8.74. The van der Waals surface area contributed by atoms with Crippen LogP contribution in [0.1, 0.15) is 0 Å². The highest BCUT2D eigenvalue weighted by Gasteiger charge is 1.95. The van der Waals surface area contributed by atoms with Crippen molar-refractivity contribution in [1.82, 2.24) is 9.55 Å². The van der Waals surface area contributed by atoms with Gasteiger partial charge in [-0.3, -0.25) is 9.78 Å². The van der Waals surface area contributed by atoms with Gasteiger partial charge in [0.25, 0.3) is 5.56 Å². The van der Waals surface area contributed by atoms with Crippen molar-refractivity contribution in [3.05, 3.63) is 59.3 Å². The normalized spacial score (nSPS) is 10.0. The third-order valence-electron chi connectivity index (χ3n) is 2.13. The predicted molar refractivity (Wildman–Crippen MR) is 60.4 cm³/mol. The minimum Gasteiger partial charge on any atom is -0.490 e. The van der Waals surface area contributed by atoms with Crippen molar-refractivity contribution >= 4 is 0 Å². The first-order valence-corrected chi connectivity index (χ1v) is 5.04. The Hall–Kier alpha value is -2.10. The number of hydrogen-bond acceptors (Lipinski definition) is 3. The van der Waals surface area contributed by atoms with Crippen LogP contribution in [0.5, 0.6) is 5.75 Å². The Morgan fingerprint density at radius 2 is 2.19 bits per heavy atom. The van der Waals surface area contributed by atoms with Gasteiger partial charge in [0.1, 0.15) is 12.4 Å². The molecular weight excluding hydrogens is 204 g/mol. The van der Waals surface area contributed by atoms with E-state index in [4.69, 9.17) is 4.74 Å². The van der Waals surface area contributed by atoms with Gasteiger partial charge in [0.2, 0.25) is 0 Å². The molecule has 0 unspecified atom stereocenters. The van der Waals surface area contributed by atoms with Gasteiger partial charge in [0, 0.05) is 18.5 Å². The SMILES string of the molecule is O=c1ccccn1CCOc1cccnc1. The van der Waals surface area contributed by atoms with Crippen molar-refractivity contribution < 1.29 is 4.74 Å². The molecule has 16 heavy (non-hydrogen) atoms. The lowest BCUT2D eigenvalue weighted by Crippen LogP contribution is -2.21. The Balaban J connectivity index is 1.90. The molecule has 82 valence electrons. The van der Waals surface area contributed by atoms with Crippen LogP contribution in [0.3, 0.4) is 0 Å². The maximum Gasteiger partial charge on any atom is 0.250 e. The average Bonchev–Trinajstić information content (AvgIpc) is 2.33. The predicted octanol–water partition coefficient (Wildman–Crippen LogP) is 1.32. The van der Waals surface area contributed by atoms with Gasteiger partial charge in [-0.15, -0.1) is 0 Å². The van der Waals surface area contributed by atoms with Gasteiger partial charge >= 0.3 is 0 Å². The van der Waals surface area contributed by atoms with Gasteiger partial charge < -0.3 is 9.30 Å². The summed E-state index contributed by atoms with van der Waals surface area (Å²) in [7, 11) is 0. The third kappa shape index (κ3) is 2.70. The second kappa shape index (κ2) is 5.11. The molecule has 0 aliphatic rings. The van der Waals surface area contributed by atoms with Crippen molar-refractivity contribution in [3.63, 3.8) is 0 Å². The molecule has 2 rings (SSSR count). The fraction of sp³-hybridized carbons (Fsp3) is 0.167. The van der Waals surface area contributed by atoms with Crippen molar-refractivity contribution in [2.75, 3.05) is 6.61 Å². The molecule has 0 fully saturated rings. The lowest BCUT2D eigenvalue weighted by molar-refractivity contribution is 0.295. The van der Waals surface area contributed by atoms with E-state index in [9.17, 15) is 4.79 Å². The van der Waals surface area contributed by atoms with Gasteiger partial charge in [-0.1, -0.05) is 6.07 Å². The van der Waals surface area contributed by atoms with E-state index < -0.39 is 0 Å². The molecule has 0 spiro atoms. The van der Waals surface area contributed by atoms with Gasteiger partial charge in [-0.05, 0) is 18.2 Å². The number of ether oxygens (including phenoxy) is 1. The molecule has 0 saturated heterocycles. The van der Waals surface area contributed by atoms with E-state index >= 15 is 0 Å². The van der Waals surface area contributed by atoms with Gasteiger partial charge in [-0.2, -0.15) is 0 Å². The monoisotopic (exact) mass is 216 g/mol. The summed E-state index contributed by atoms with van der Waals surface area (Å²) in [5.74, 6) is 0.714. The Morgan fingerprint density at radius 1 is 1.25 bits per heavy atom. The van der Waals surface area contributed by atoms with Crippen LogP contribution in [-0.4, -0.2) is 16.2 Å². The molecular formula is C12H12N2O2. The van der Waals surface area contributed by atoms with Crippen molar-refractivity contribution in [3.8, 4) is 5.75 Å². The lowest BCUT2D eigenvalue weighted by Gasteiger charge is -2.07. The number of rotatable bonds is 4. The Kier molecular flexibility index (Phi) is 3.33. The molecule has 4 heteroatoms. The molecule has 0 aromatic carbocycles. The topological polar surface area (TPSA) is 44.1 Å².